The van der Waals surface area contributed by atoms with Crippen molar-refractivity contribution in [2.45, 2.75) is 31.8 Å². The van der Waals surface area contributed by atoms with Crippen molar-refractivity contribution in [1.82, 2.24) is 9.80 Å². The smallest absolute Gasteiger partial charge is 0.327 e. The van der Waals surface area contributed by atoms with Crippen LogP contribution < -0.4 is 4.74 Å². The van der Waals surface area contributed by atoms with Crippen LogP contribution in [-0.2, 0) is 4.79 Å². The van der Waals surface area contributed by atoms with E-state index in [1.54, 1.807) is 19.1 Å². The number of nitro groups is 2. The SMILES string of the molecule is CCN1C(=O)C2C(c3ccc(C)cc3)C(C(=O)c3cccc([N+](=O)[O-])c3)C(c3ccc(OC)c([N+](=O)[O-])c3)N2C1=O. The molecule has 0 N–H and O–H groups in total. The molecule has 41 heavy (non-hydrogen) atoms. The normalized spacial score (nSPS) is 21.6. The summed E-state index contributed by atoms with van der Waals surface area (Å²) >= 11 is 0. The molecule has 2 aliphatic heterocycles. The maximum Gasteiger partial charge on any atom is 0.327 e. The first-order valence-corrected chi connectivity index (χ1v) is 12.9. The standard InChI is InChI=1S/C29H26N4O8/c1-4-30-28(35)26-23(17-10-8-16(2)9-11-17)24(27(34)19-6-5-7-20(14-19)32(37)38)25(31(26)29(30)36)18-12-13-22(41-3)21(15-18)33(39)40/h5-15,23-26H,4H2,1-3H3. The number of imide groups is 1. The first kappa shape index (κ1) is 27.4. The number of carbonyl (C=O) groups excluding carboxylic acids is 3. The van der Waals surface area contributed by atoms with E-state index in [-0.39, 0.29) is 34.8 Å². The fraction of sp³-hybridized carbons (Fsp3) is 0.276. The molecule has 4 atom stereocenters. The third-order valence-corrected chi connectivity index (χ3v) is 7.80. The average molecular weight is 559 g/mol. The summed E-state index contributed by atoms with van der Waals surface area (Å²) in [7, 11) is 1.29. The van der Waals surface area contributed by atoms with Gasteiger partial charge in [0.2, 0.25) is 0 Å². The summed E-state index contributed by atoms with van der Waals surface area (Å²) in [6.07, 6.45) is 0. The number of non-ortho nitro benzene ring substituents is 1. The van der Waals surface area contributed by atoms with Crippen molar-refractivity contribution in [1.29, 1.82) is 0 Å². The minimum Gasteiger partial charge on any atom is -0.490 e. The second-order valence-electron chi connectivity index (χ2n) is 9.98. The van der Waals surface area contributed by atoms with Gasteiger partial charge in [0.25, 0.3) is 11.6 Å². The number of nitro benzene ring substituents is 2. The Morgan fingerprint density at radius 3 is 2.22 bits per heavy atom. The first-order chi connectivity index (χ1) is 19.6. The van der Waals surface area contributed by atoms with Crippen LogP contribution in [0.4, 0.5) is 16.2 Å². The number of nitrogens with zero attached hydrogens (tertiary/aromatic N) is 4. The van der Waals surface area contributed by atoms with Gasteiger partial charge in [0.15, 0.2) is 11.5 Å². The average Bonchev–Trinajstić information content (AvgIpc) is 3.44. The fourth-order valence-corrected chi connectivity index (χ4v) is 5.96. The van der Waals surface area contributed by atoms with Crippen LogP contribution in [0.2, 0.25) is 0 Å². The number of carbonyl (C=O) groups is 3. The molecule has 0 radical (unpaired) electrons. The van der Waals surface area contributed by atoms with E-state index < -0.39 is 51.5 Å². The Morgan fingerprint density at radius 2 is 1.61 bits per heavy atom. The second kappa shape index (κ2) is 10.5. The molecule has 3 amide bonds. The van der Waals surface area contributed by atoms with E-state index in [1.807, 2.05) is 19.1 Å². The van der Waals surface area contributed by atoms with Crippen LogP contribution >= 0.6 is 0 Å². The lowest BCUT2D eigenvalue weighted by Gasteiger charge is -2.28. The molecule has 0 aromatic heterocycles. The molecule has 0 spiro atoms. The van der Waals surface area contributed by atoms with Crippen molar-refractivity contribution >= 4 is 29.1 Å². The van der Waals surface area contributed by atoms with Crippen LogP contribution in [0.5, 0.6) is 5.75 Å². The lowest BCUT2D eigenvalue weighted by Crippen LogP contribution is -2.38. The molecule has 2 aliphatic rings. The number of Topliss-reactive ketones (excluding diaryl/α,β-unsaturated/α-hetero) is 1. The number of hydrogen-bond acceptors (Lipinski definition) is 8. The van der Waals surface area contributed by atoms with Crippen LogP contribution in [0, 0.1) is 33.1 Å². The van der Waals surface area contributed by atoms with Gasteiger partial charge < -0.3 is 9.64 Å². The maximum atomic E-state index is 14.3. The molecule has 0 saturated carbocycles. The zero-order valence-corrected chi connectivity index (χ0v) is 22.4. The van der Waals surface area contributed by atoms with Gasteiger partial charge >= 0.3 is 11.7 Å². The topological polar surface area (TPSA) is 153 Å². The molecule has 210 valence electrons. The van der Waals surface area contributed by atoms with E-state index in [1.165, 1.54) is 48.4 Å². The molecule has 0 aliphatic carbocycles. The van der Waals surface area contributed by atoms with E-state index in [2.05, 4.69) is 0 Å². The Morgan fingerprint density at radius 1 is 0.927 bits per heavy atom. The minimum atomic E-state index is -1.09. The first-order valence-electron chi connectivity index (χ1n) is 12.9. The molecule has 12 heteroatoms. The van der Waals surface area contributed by atoms with Crippen molar-refractivity contribution in [3.05, 3.63) is 109 Å². The Labute approximate surface area is 234 Å². The second-order valence-corrected chi connectivity index (χ2v) is 9.98. The van der Waals surface area contributed by atoms with E-state index in [0.29, 0.717) is 5.56 Å². The number of ether oxygens (including phenoxy) is 1. The molecule has 3 aromatic carbocycles. The molecule has 5 rings (SSSR count). The van der Waals surface area contributed by atoms with E-state index in [4.69, 9.17) is 4.74 Å². The van der Waals surface area contributed by atoms with E-state index in [0.717, 1.165) is 16.5 Å². The van der Waals surface area contributed by atoms with Gasteiger partial charge in [0, 0.05) is 36.2 Å². The Kier molecular flexibility index (Phi) is 6.99. The van der Waals surface area contributed by atoms with Crippen molar-refractivity contribution in [3.63, 3.8) is 0 Å². The molecule has 0 bridgehead atoms. The molecule has 2 saturated heterocycles. The van der Waals surface area contributed by atoms with Crippen molar-refractivity contribution < 1.29 is 29.0 Å². The molecule has 4 unspecified atom stereocenters. The summed E-state index contributed by atoms with van der Waals surface area (Å²) in [4.78, 5) is 66.4. The number of ketones is 1. The van der Waals surface area contributed by atoms with Gasteiger partial charge in [-0.3, -0.25) is 34.7 Å². The summed E-state index contributed by atoms with van der Waals surface area (Å²) in [5.74, 6) is -2.94. The summed E-state index contributed by atoms with van der Waals surface area (Å²) in [6, 6.07) is 13.9. The number of likely N-dealkylation sites (N-methyl/N-ethyl adjacent to an activating group) is 1. The third-order valence-electron chi connectivity index (χ3n) is 7.80. The van der Waals surface area contributed by atoms with Gasteiger partial charge in [-0.25, -0.2) is 4.79 Å². The number of rotatable bonds is 8. The molecular formula is C29H26N4O8. The maximum absolute atomic E-state index is 14.3. The molecule has 2 fully saturated rings. The molecular weight excluding hydrogens is 532 g/mol. The number of hydrogen-bond donors (Lipinski definition) is 0. The number of benzene rings is 3. The van der Waals surface area contributed by atoms with Crippen LogP contribution in [0.25, 0.3) is 0 Å². The monoisotopic (exact) mass is 558 g/mol. The summed E-state index contributed by atoms with van der Waals surface area (Å²) in [6.45, 7) is 3.65. The minimum absolute atomic E-state index is 0.0102. The van der Waals surface area contributed by atoms with Gasteiger partial charge in [0.05, 0.1) is 28.9 Å². The summed E-state index contributed by atoms with van der Waals surface area (Å²) in [5.41, 5.74) is 1.20. The Hall–Kier alpha value is -5.13. The predicted octanol–water partition coefficient (Wildman–Crippen LogP) is 4.81. The van der Waals surface area contributed by atoms with Crippen LogP contribution in [0.15, 0.2) is 66.7 Å². The summed E-state index contributed by atoms with van der Waals surface area (Å²) in [5, 5.41) is 23.4. The van der Waals surface area contributed by atoms with Crippen LogP contribution in [0.1, 0.15) is 45.9 Å². The Balaban J connectivity index is 1.77. The van der Waals surface area contributed by atoms with Crippen molar-refractivity contribution in [2.24, 2.45) is 5.92 Å². The van der Waals surface area contributed by atoms with Crippen LogP contribution in [0.3, 0.4) is 0 Å². The zero-order valence-electron chi connectivity index (χ0n) is 22.4. The van der Waals surface area contributed by atoms with Crippen molar-refractivity contribution in [3.8, 4) is 5.75 Å². The number of methoxy groups -OCH3 is 1. The van der Waals surface area contributed by atoms with Crippen molar-refractivity contribution in [2.75, 3.05) is 13.7 Å². The van der Waals surface area contributed by atoms with E-state index >= 15 is 0 Å². The van der Waals surface area contributed by atoms with E-state index in [9.17, 15) is 34.6 Å². The number of aryl methyl sites for hydroxylation is 1. The van der Waals surface area contributed by atoms with Crippen LogP contribution in [-0.4, -0.2) is 57.1 Å². The number of urea groups is 1. The molecule has 3 aromatic rings. The Bertz CT molecular complexity index is 1590. The number of amides is 3. The molecule has 2 heterocycles. The highest BCUT2D eigenvalue weighted by molar-refractivity contribution is 6.08. The largest absolute Gasteiger partial charge is 0.490 e. The highest BCUT2D eigenvalue weighted by Gasteiger charge is 2.63. The van der Waals surface area contributed by atoms with Gasteiger partial charge in [0.1, 0.15) is 6.04 Å². The zero-order chi connectivity index (χ0) is 29.6. The molecule has 12 nitrogen and oxygen atoms in total. The number of fused-ring (bicyclic) bond motifs is 1. The quantitative estimate of drug-likeness (QED) is 0.165. The summed E-state index contributed by atoms with van der Waals surface area (Å²) < 4.78 is 5.15. The lowest BCUT2D eigenvalue weighted by molar-refractivity contribution is -0.385. The highest BCUT2D eigenvalue weighted by atomic mass is 16.6. The highest BCUT2D eigenvalue weighted by Crippen LogP contribution is 2.54. The van der Waals surface area contributed by atoms with Gasteiger partial charge in [-0.2, -0.15) is 0 Å². The lowest BCUT2D eigenvalue weighted by atomic mass is 9.75. The fourth-order valence-electron chi connectivity index (χ4n) is 5.96. The van der Waals surface area contributed by atoms with Gasteiger partial charge in [-0.1, -0.05) is 48.0 Å². The predicted molar refractivity (Wildman–Crippen MR) is 146 cm³/mol. The van der Waals surface area contributed by atoms with Gasteiger partial charge in [-0.15, -0.1) is 0 Å². The van der Waals surface area contributed by atoms with Gasteiger partial charge in [-0.05, 0) is 31.0 Å². The third kappa shape index (κ3) is 4.46.